The van der Waals surface area contributed by atoms with Crippen molar-refractivity contribution >= 4 is 23.5 Å². The van der Waals surface area contributed by atoms with Crippen LogP contribution in [0.2, 0.25) is 0 Å². The Bertz CT molecular complexity index is 543. The van der Waals surface area contributed by atoms with Crippen molar-refractivity contribution in [2.24, 2.45) is 0 Å². The Morgan fingerprint density at radius 1 is 1.17 bits per heavy atom. The van der Waals surface area contributed by atoms with Crippen LogP contribution < -0.4 is 5.32 Å². The van der Waals surface area contributed by atoms with Gasteiger partial charge in [-0.2, -0.15) is 0 Å². The maximum atomic E-state index is 10.4. The third-order valence-corrected chi connectivity index (χ3v) is 2.57. The van der Waals surface area contributed by atoms with Gasteiger partial charge >= 0.3 is 6.09 Å². The van der Waals surface area contributed by atoms with Gasteiger partial charge in [0.1, 0.15) is 0 Å². The molecule has 0 saturated carbocycles. The molecule has 8 heteroatoms. The van der Waals surface area contributed by atoms with Gasteiger partial charge in [0, 0.05) is 11.3 Å². The summed E-state index contributed by atoms with van der Waals surface area (Å²) in [6.45, 7) is 0. The van der Waals surface area contributed by atoms with Crippen LogP contribution in [0.4, 0.5) is 10.5 Å². The van der Waals surface area contributed by atoms with Crippen molar-refractivity contribution in [2.45, 2.75) is 5.16 Å². The highest BCUT2D eigenvalue weighted by atomic mass is 32.2. The fourth-order valence-electron chi connectivity index (χ4n) is 1.24. The second-order valence-corrected chi connectivity index (χ2v) is 3.99. The lowest BCUT2D eigenvalue weighted by atomic mass is 10.2. The third kappa shape index (κ3) is 2.92. The lowest BCUT2D eigenvalue weighted by Gasteiger charge is -2.02. The minimum Gasteiger partial charge on any atom is -0.465 e. The van der Waals surface area contributed by atoms with Crippen molar-refractivity contribution in [2.75, 3.05) is 11.6 Å². The lowest BCUT2D eigenvalue weighted by molar-refractivity contribution is 0.210. The van der Waals surface area contributed by atoms with Crippen LogP contribution in [0.15, 0.2) is 29.4 Å². The SMILES string of the molecule is CSc1nnc(-c2ccc(NC(=O)O)cc2)nn1. The number of benzene rings is 1. The van der Waals surface area contributed by atoms with Crippen LogP contribution in [0.1, 0.15) is 0 Å². The van der Waals surface area contributed by atoms with Crippen molar-refractivity contribution < 1.29 is 9.90 Å². The summed E-state index contributed by atoms with van der Waals surface area (Å²) in [5, 5.41) is 26.9. The zero-order valence-electron chi connectivity index (χ0n) is 9.36. The molecule has 1 amide bonds. The first kappa shape index (κ1) is 12.2. The Morgan fingerprint density at radius 3 is 2.28 bits per heavy atom. The topological polar surface area (TPSA) is 101 Å². The van der Waals surface area contributed by atoms with E-state index in [9.17, 15) is 4.79 Å². The number of anilines is 1. The van der Waals surface area contributed by atoms with Gasteiger partial charge in [-0.15, -0.1) is 20.4 Å². The van der Waals surface area contributed by atoms with Crippen molar-refractivity contribution in [3.05, 3.63) is 24.3 Å². The smallest absolute Gasteiger partial charge is 0.409 e. The molecule has 2 aromatic rings. The zero-order valence-corrected chi connectivity index (χ0v) is 10.2. The van der Waals surface area contributed by atoms with Gasteiger partial charge in [0.05, 0.1) is 0 Å². The summed E-state index contributed by atoms with van der Waals surface area (Å²) in [5.41, 5.74) is 1.20. The van der Waals surface area contributed by atoms with Gasteiger partial charge in [0.2, 0.25) is 11.0 Å². The Hall–Kier alpha value is -2.22. The summed E-state index contributed by atoms with van der Waals surface area (Å²) < 4.78 is 0. The van der Waals surface area contributed by atoms with Crippen LogP contribution in [0.25, 0.3) is 11.4 Å². The Balaban J connectivity index is 2.20. The second kappa shape index (κ2) is 5.41. The van der Waals surface area contributed by atoms with Crippen molar-refractivity contribution in [3.63, 3.8) is 0 Å². The molecule has 0 spiro atoms. The number of hydrogen-bond acceptors (Lipinski definition) is 6. The molecule has 0 bridgehead atoms. The molecular weight excluding hydrogens is 254 g/mol. The van der Waals surface area contributed by atoms with E-state index in [-0.39, 0.29) is 0 Å². The number of carbonyl (C=O) groups is 1. The van der Waals surface area contributed by atoms with Gasteiger partial charge in [0.25, 0.3) is 0 Å². The monoisotopic (exact) mass is 263 g/mol. The molecule has 0 unspecified atom stereocenters. The number of nitrogens with zero attached hydrogens (tertiary/aromatic N) is 4. The van der Waals surface area contributed by atoms with Crippen molar-refractivity contribution in [1.82, 2.24) is 20.4 Å². The number of rotatable bonds is 3. The summed E-state index contributed by atoms with van der Waals surface area (Å²) in [7, 11) is 0. The van der Waals surface area contributed by atoms with Crippen molar-refractivity contribution in [1.29, 1.82) is 0 Å². The maximum Gasteiger partial charge on any atom is 0.409 e. The molecule has 2 rings (SSSR count). The molecule has 0 fully saturated rings. The first-order chi connectivity index (χ1) is 8.69. The highest BCUT2D eigenvalue weighted by Gasteiger charge is 2.04. The maximum absolute atomic E-state index is 10.4. The molecule has 18 heavy (non-hydrogen) atoms. The van der Waals surface area contributed by atoms with E-state index in [0.29, 0.717) is 16.7 Å². The standard InChI is InChI=1S/C10H9N5O2S/c1-18-9-14-12-8(13-15-9)6-2-4-7(5-3-6)11-10(16)17/h2-5,11H,1H3,(H,16,17). The van der Waals surface area contributed by atoms with Crippen LogP contribution in [0.5, 0.6) is 0 Å². The van der Waals surface area contributed by atoms with E-state index in [1.54, 1.807) is 24.3 Å². The predicted octanol–water partition coefficient (Wildman–Crippen LogP) is 1.75. The van der Waals surface area contributed by atoms with E-state index in [4.69, 9.17) is 5.11 Å². The predicted molar refractivity (Wildman–Crippen MR) is 66.5 cm³/mol. The molecule has 0 radical (unpaired) electrons. The van der Waals surface area contributed by atoms with E-state index in [0.717, 1.165) is 5.56 Å². The van der Waals surface area contributed by atoms with Crippen LogP contribution in [0, 0.1) is 0 Å². The van der Waals surface area contributed by atoms with E-state index >= 15 is 0 Å². The van der Waals surface area contributed by atoms with Crippen LogP contribution in [-0.4, -0.2) is 37.9 Å². The van der Waals surface area contributed by atoms with E-state index in [1.165, 1.54) is 11.8 Å². The number of carboxylic acid groups (broad SMARTS) is 1. The van der Waals surface area contributed by atoms with E-state index < -0.39 is 6.09 Å². The molecule has 1 aromatic carbocycles. The van der Waals surface area contributed by atoms with E-state index in [2.05, 4.69) is 25.7 Å². The highest BCUT2D eigenvalue weighted by molar-refractivity contribution is 7.98. The normalized spacial score (nSPS) is 10.1. The fourth-order valence-corrected chi connectivity index (χ4v) is 1.49. The Labute approximate surface area is 107 Å². The molecule has 7 nitrogen and oxygen atoms in total. The first-order valence-electron chi connectivity index (χ1n) is 4.91. The minimum absolute atomic E-state index is 0.398. The molecule has 92 valence electrons. The van der Waals surface area contributed by atoms with Crippen molar-refractivity contribution in [3.8, 4) is 11.4 Å². The summed E-state index contributed by atoms with van der Waals surface area (Å²) in [6, 6.07) is 6.63. The third-order valence-electron chi connectivity index (χ3n) is 2.04. The molecule has 2 N–H and O–H groups in total. The molecule has 0 aliphatic rings. The molecule has 1 aromatic heterocycles. The van der Waals surface area contributed by atoms with Gasteiger partial charge in [-0.25, -0.2) is 4.79 Å². The van der Waals surface area contributed by atoms with Gasteiger partial charge in [-0.1, -0.05) is 11.8 Å². The number of thioether (sulfide) groups is 1. The van der Waals surface area contributed by atoms with Crippen LogP contribution in [-0.2, 0) is 0 Å². The quantitative estimate of drug-likeness (QED) is 0.813. The molecule has 1 heterocycles. The fraction of sp³-hybridized carbons (Fsp3) is 0.100. The Morgan fingerprint density at radius 2 is 1.78 bits per heavy atom. The molecular formula is C10H9N5O2S. The molecule has 0 saturated heterocycles. The molecule has 0 aliphatic heterocycles. The Kier molecular flexibility index (Phi) is 3.68. The number of hydrogen-bond donors (Lipinski definition) is 2. The second-order valence-electron chi connectivity index (χ2n) is 3.22. The van der Waals surface area contributed by atoms with Crippen LogP contribution >= 0.6 is 11.8 Å². The average Bonchev–Trinajstić information content (AvgIpc) is 2.39. The minimum atomic E-state index is -1.10. The first-order valence-corrected chi connectivity index (χ1v) is 6.13. The van der Waals surface area contributed by atoms with Gasteiger partial charge in [0.15, 0.2) is 0 Å². The van der Waals surface area contributed by atoms with Gasteiger partial charge < -0.3 is 5.11 Å². The summed E-state index contributed by atoms with van der Waals surface area (Å²) in [6.07, 6.45) is 0.733. The molecule has 0 aliphatic carbocycles. The largest absolute Gasteiger partial charge is 0.465 e. The average molecular weight is 263 g/mol. The summed E-state index contributed by atoms with van der Waals surface area (Å²) >= 11 is 1.36. The summed E-state index contributed by atoms with van der Waals surface area (Å²) in [4.78, 5) is 10.4. The van der Waals surface area contributed by atoms with E-state index in [1.807, 2.05) is 6.26 Å². The number of nitrogens with one attached hydrogen (secondary N) is 1. The number of amides is 1. The molecule has 0 atom stereocenters. The van der Waals surface area contributed by atoms with Crippen LogP contribution in [0.3, 0.4) is 0 Å². The van der Waals surface area contributed by atoms with Gasteiger partial charge in [-0.05, 0) is 30.5 Å². The lowest BCUT2D eigenvalue weighted by Crippen LogP contribution is -2.06. The number of aromatic nitrogens is 4. The highest BCUT2D eigenvalue weighted by Crippen LogP contribution is 2.17. The zero-order chi connectivity index (χ0) is 13.0. The van der Waals surface area contributed by atoms with Gasteiger partial charge in [-0.3, -0.25) is 5.32 Å². The summed E-state index contributed by atoms with van der Waals surface area (Å²) in [5.74, 6) is 0.398.